The number of ether oxygens (including phenoxy) is 1. The van der Waals surface area contributed by atoms with Gasteiger partial charge in [0.15, 0.2) is 0 Å². The maximum atomic E-state index is 5.34. The molecular formula is C15H25N3O. The van der Waals surface area contributed by atoms with Gasteiger partial charge < -0.3 is 15.0 Å². The van der Waals surface area contributed by atoms with Crippen molar-refractivity contribution in [1.29, 1.82) is 0 Å². The second-order valence-electron chi connectivity index (χ2n) is 6.10. The quantitative estimate of drug-likeness (QED) is 0.809. The van der Waals surface area contributed by atoms with Crippen LogP contribution in [-0.2, 0) is 4.74 Å². The zero-order valence-electron chi connectivity index (χ0n) is 12.2. The second-order valence-corrected chi connectivity index (χ2v) is 6.10. The highest BCUT2D eigenvalue weighted by Crippen LogP contribution is 2.25. The Hall–Kier alpha value is -1.00. The number of hydrogen-bond acceptors (Lipinski definition) is 4. The average Bonchev–Trinajstić information content (AvgIpc) is 2.32. The molecule has 0 saturated carbocycles. The first kappa shape index (κ1) is 13.0. The fourth-order valence-corrected chi connectivity index (χ4v) is 3.24. The first-order valence-electron chi connectivity index (χ1n) is 7.36. The Labute approximate surface area is 116 Å². The zero-order valence-corrected chi connectivity index (χ0v) is 12.2. The molecule has 19 heavy (non-hydrogen) atoms. The lowest BCUT2D eigenvalue weighted by Gasteiger charge is -2.51. The van der Waals surface area contributed by atoms with Crippen LogP contribution in [0.5, 0.6) is 0 Å². The van der Waals surface area contributed by atoms with Crippen LogP contribution in [0.25, 0.3) is 0 Å². The van der Waals surface area contributed by atoms with E-state index in [4.69, 9.17) is 4.74 Å². The molecule has 0 amide bonds. The molecular weight excluding hydrogens is 238 g/mol. The molecule has 0 aromatic carbocycles. The summed E-state index contributed by atoms with van der Waals surface area (Å²) in [5.41, 5.74) is 2.68. The first-order valence-corrected chi connectivity index (χ1v) is 7.36. The van der Waals surface area contributed by atoms with Gasteiger partial charge in [0.1, 0.15) is 0 Å². The predicted octanol–water partition coefficient (Wildman–Crippen LogP) is 1.17. The van der Waals surface area contributed by atoms with Gasteiger partial charge in [-0.2, -0.15) is 0 Å². The van der Waals surface area contributed by atoms with E-state index < -0.39 is 0 Å². The van der Waals surface area contributed by atoms with Gasteiger partial charge in [0.25, 0.3) is 0 Å². The Bertz CT molecular complexity index is 400. The summed E-state index contributed by atoms with van der Waals surface area (Å²) in [4.78, 5) is 5.19. The summed E-state index contributed by atoms with van der Waals surface area (Å²) in [5.74, 6) is 0. The molecule has 1 N–H and O–H groups in total. The highest BCUT2D eigenvalue weighted by Gasteiger charge is 2.36. The lowest BCUT2D eigenvalue weighted by molar-refractivity contribution is -0.0987. The third kappa shape index (κ3) is 2.51. The van der Waals surface area contributed by atoms with Crippen molar-refractivity contribution < 1.29 is 4.74 Å². The smallest absolute Gasteiger partial charge is 0.0645 e. The minimum Gasteiger partial charge on any atom is -0.383 e. The second kappa shape index (κ2) is 5.17. The first-order chi connectivity index (χ1) is 9.15. The lowest BCUT2D eigenvalue weighted by atomic mass is 10.0. The van der Waals surface area contributed by atoms with Crippen molar-refractivity contribution in [2.45, 2.75) is 38.9 Å². The van der Waals surface area contributed by atoms with Gasteiger partial charge in [0.05, 0.1) is 25.8 Å². The van der Waals surface area contributed by atoms with E-state index in [9.17, 15) is 0 Å². The SMILES string of the molecule is CC1=CC=C(N2CC(C)N(C3COC3)CC2C)CN1. The van der Waals surface area contributed by atoms with Crippen molar-refractivity contribution in [3.8, 4) is 0 Å². The topological polar surface area (TPSA) is 27.7 Å². The molecule has 0 bridgehead atoms. The number of piperazine rings is 1. The van der Waals surface area contributed by atoms with E-state index in [-0.39, 0.29) is 0 Å². The molecule has 2 unspecified atom stereocenters. The van der Waals surface area contributed by atoms with E-state index >= 15 is 0 Å². The van der Waals surface area contributed by atoms with Crippen LogP contribution in [0.4, 0.5) is 0 Å². The van der Waals surface area contributed by atoms with Crippen LogP contribution in [-0.4, -0.2) is 60.8 Å². The van der Waals surface area contributed by atoms with Crippen molar-refractivity contribution in [2.24, 2.45) is 0 Å². The zero-order chi connectivity index (χ0) is 13.4. The summed E-state index contributed by atoms with van der Waals surface area (Å²) in [6.07, 6.45) is 4.46. The summed E-state index contributed by atoms with van der Waals surface area (Å²) < 4.78 is 5.34. The Morgan fingerprint density at radius 1 is 1.16 bits per heavy atom. The van der Waals surface area contributed by atoms with Crippen LogP contribution in [0.1, 0.15) is 20.8 Å². The number of dihydropyridines is 1. The third-order valence-electron chi connectivity index (χ3n) is 4.57. The third-order valence-corrected chi connectivity index (χ3v) is 4.57. The summed E-state index contributed by atoms with van der Waals surface area (Å²) in [5, 5.41) is 3.44. The van der Waals surface area contributed by atoms with Gasteiger partial charge in [-0.05, 0) is 32.9 Å². The number of nitrogens with zero attached hydrogens (tertiary/aromatic N) is 2. The molecule has 3 aliphatic heterocycles. The van der Waals surface area contributed by atoms with Crippen molar-refractivity contribution in [3.63, 3.8) is 0 Å². The molecule has 3 aliphatic rings. The Morgan fingerprint density at radius 2 is 1.95 bits per heavy atom. The van der Waals surface area contributed by atoms with Gasteiger partial charge in [0, 0.05) is 36.6 Å². The van der Waals surface area contributed by atoms with E-state index in [1.165, 1.54) is 11.4 Å². The predicted molar refractivity (Wildman–Crippen MR) is 76.8 cm³/mol. The molecule has 0 aromatic heterocycles. The molecule has 106 valence electrons. The molecule has 4 heteroatoms. The highest BCUT2D eigenvalue weighted by atomic mass is 16.5. The average molecular weight is 263 g/mol. The van der Waals surface area contributed by atoms with Gasteiger partial charge in [-0.1, -0.05) is 0 Å². The molecule has 4 nitrogen and oxygen atoms in total. The monoisotopic (exact) mass is 263 g/mol. The number of allylic oxidation sites excluding steroid dienone is 3. The van der Waals surface area contributed by atoms with E-state index in [1.807, 2.05) is 0 Å². The lowest BCUT2D eigenvalue weighted by Crippen LogP contribution is -2.63. The summed E-state index contributed by atoms with van der Waals surface area (Å²) in [7, 11) is 0. The van der Waals surface area contributed by atoms with Crippen LogP contribution in [0.15, 0.2) is 23.5 Å². The molecule has 3 heterocycles. The number of hydrogen-bond donors (Lipinski definition) is 1. The van der Waals surface area contributed by atoms with E-state index in [2.05, 4.69) is 48.0 Å². The molecule has 0 spiro atoms. The van der Waals surface area contributed by atoms with Crippen molar-refractivity contribution in [1.82, 2.24) is 15.1 Å². The van der Waals surface area contributed by atoms with E-state index in [1.54, 1.807) is 0 Å². The minimum absolute atomic E-state index is 0.580. The van der Waals surface area contributed by atoms with E-state index in [0.717, 1.165) is 32.8 Å². The highest BCUT2D eigenvalue weighted by molar-refractivity contribution is 5.23. The Kier molecular flexibility index (Phi) is 3.54. The Morgan fingerprint density at radius 3 is 2.53 bits per heavy atom. The van der Waals surface area contributed by atoms with Gasteiger partial charge in [-0.25, -0.2) is 0 Å². The molecule has 0 aliphatic carbocycles. The fourth-order valence-electron chi connectivity index (χ4n) is 3.24. The van der Waals surface area contributed by atoms with Crippen molar-refractivity contribution in [2.75, 3.05) is 32.8 Å². The van der Waals surface area contributed by atoms with Crippen LogP contribution in [0, 0.1) is 0 Å². The normalized spacial score (nSPS) is 33.3. The van der Waals surface area contributed by atoms with Gasteiger partial charge in [-0.15, -0.1) is 0 Å². The maximum Gasteiger partial charge on any atom is 0.0645 e. The summed E-state index contributed by atoms with van der Waals surface area (Å²) in [6, 6.07) is 1.84. The number of nitrogens with one attached hydrogen (secondary N) is 1. The molecule has 0 radical (unpaired) electrons. The van der Waals surface area contributed by atoms with Crippen LogP contribution in [0.2, 0.25) is 0 Å². The van der Waals surface area contributed by atoms with Gasteiger partial charge in [0.2, 0.25) is 0 Å². The maximum absolute atomic E-state index is 5.34. The molecule has 2 saturated heterocycles. The number of rotatable bonds is 2. The largest absolute Gasteiger partial charge is 0.383 e. The molecule has 0 aromatic rings. The van der Waals surface area contributed by atoms with Crippen molar-refractivity contribution >= 4 is 0 Å². The molecule has 2 fully saturated rings. The van der Waals surface area contributed by atoms with Crippen molar-refractivity contribution in [3.05, 3.63) is 23.5 Å². The summed E-state index contributed by atoms with van der Waals surface area (Å²) in [6.45, 7) is 11.9. The standard InChI is InChI=1S/C15H25N3O/c1-11-4-5-14(6-16-11)17-7-13(3)18(8-12(17)2)15-9-19-10-15/h4-5,12-13,15-16H,6-10H2,1-3H3. The van der Waals surface area contributed by atoms with Crippen LogP contribution >= 0.6 is 0 Å². The van der Waals surface area contributed by atoms with Gasteiger partial charge in [-0.3, -0.25) is 4.90 Å². The fraction of sp³-hybridized carbons (Fsp3) is 0.733. The Balaban J connectivity index is 1.68. The molecule has 2 atom stereocenters. The van der Waals surface area contributed by atoms with Gasteiger partial charge >= 0.3 is 0 Å². The van der Waals surface area contributed by atoms with Crippen LogP contribution < -0.4 is 5.32 Å². The van der Waals surface area contributed by atoms with E-state index in [0.29, 0.717) is 18.1 Å². The molecule has 3 rings (SSSR count). The van der Waals surface area contributed by atoms with Crippen LogP contribution in [0.3, 0.4) is 0 Å². The minimum atomic E-state index is 0.580. The summed E-state index contributed by atoms with van der Waals surface area (Å²) >= 11 is 0.